The summed E-state index contributed by atoms with van der Waals surface area (Å²) in [5.74, 6) is 0.820. The second kappa shape index (κ2) is 5.63. The smallest absolute Gasteiger partial charge is 0.148 e. The van der Waals surface area contributed by atoms with Crippen LogP contribution in [0, 0.1) is 0 Å². The van der Waals surface area contributed by atoms with E-state index in [-0.39, 0.29) is 5.75 Å². The number of benzene rings is 1. The second-order valence-electron chi connectivity index (χ2n) is 5.84. The molecule has 0 saturated carbocycles. The van der Waals surface area contributed by atoms with Gasteiger partial charge in [-0.3, -0.25) is 4.90 Å². The fraction of sp³-hybridized carbons (Fsp3) is 0.600. The highest BCUT2D eigenvalue weighted by molar-refractivity contribution is 7.90. The van der Waals surface area contributed by atoms with Gasteiger partial charge in [-0.2, -0.15) is 0 Å². The highest BCUT2D eigenvalue weighted by Crippen LogP contribution is 2.23. The maximum Gasteiger partial charge on any atom is 0.148 e. The molecule has 1 aromatic rings. The van der Waals surface area contributed by atoms with Gasteiger partial charge in [0, 0.05) is 25.9 Å². The lowest BCUT2D eigenvalue weighted by Crippen LogP contribution is -2.34. The second-order valence-corrected chi connectivity index (χ2v) is 8.10. The minimum absolute atomic E-state index is 0.256. The molecule has 0 unspecified atom stereocenters. The van der Waals surface area contributed by atoms with Crippen LogP contribution in [0.4, 0.5) is 0 Å². The molecule has 0 atom stereocenters. The summed E-state index contributed by atoms with van der Waals surface area (Å²) in [7, 11) is -2.86. The molecule has 0 aliphatic carbocycles. The third-order valence-electron chi connectivity index (χ3n) is 3.77. The Bertz CT molecular complexity index is 549. The highest BCUT2D eigenvalue weighted by atomic mass is 32.2. The van der Waals surface area contributed by atoms with E-state index in [0.717, 1.165) is 19.5 Å². The lowest BCUT2D eigenvalue weighted by Gasteiger charge is -2.29. The molecule has 1 aliphatic heterocycles. The monoisotopic (exact) mass is 281 g/mol. The van der Waals surface area contributed by atoms with E-state index in [0.29, 0.717) is 12.5 Å². The van der Waals surface area contributed by atoms with Gasteiger partial charge < -0.3 is 0 Å². The maximum atomic E-state index is 11.2. The van der Waals surface area contributed by atoms with Gasteiger partial charge in [-0.25, -0.2) is 8.42 Å². The molecule has 106 valence electrons. The number of hydrogen-bond donors (Lipinski definition) is 0. The molecule has 1 aliphatic rings. The first-order chi connectivity index (χ1) is 8.85. The fourth-order valence-electron chi connectivity index (χ4n) is 2.48. The first-order valence-electron chi connectivity index (χ1n) is 6.87. The molecule has 3 nitrogen and oxygen atoms in total. The van der Waals surface area contributed by atoms with Crippen LogP contribution in [0.15, 0.2) is 18.2 Å². The van der Waals surface area contributed by atoms with E-state index in [9.17, 15) is 8.42 Å². The van der Waals surface area contributed by atoms with Crippen molar-refractivity contribution in [3.63, 3.8) is 0 Å². The van der Waals surface area contributed by atoms with Crippen LogP contribution in [0.2, 0.25) is 0 Å². The van der Waals surface area contributed by atoms with Crippen LogP contribution in [-0.4, -0.2) is 38.4 Å². The van der Waals surface area contributed by atoms with Gasteiger partial charge in [0.15, 0.2) is 0 Å². The summed E-state index contributed by atoms with van der Waals surface area (Å²) in [4.78, 5) is 2.23. The number of rotatable bonds is 4. The van der Waals surface area contributed by atoms with Gasteiger partial charge in [-0.05, 0) is 29.0 Å². The molecule has 0 amide bonds. The summed E-state index contributed by atoms with van der Waals surface area (Å²) in [6.45, 7) is 6.91. The molecule has 2 rings (SSSR count). The van der Waals surface area contributed by atoms with Crippen molar-refractivity contribution in [2.24, 2.45) is 0 Å². The quantitative estimate of drug-likeness (QED) is 0.849. The zero-order valence-corrected chi connectivity index (χ0v) is 12.8. The van der Waals surface area contributed by atoms with Gasteiger partial charge in [0.25, 0.3) is 0 Å². The predicted octanol–water partition coefficient (Wildman–Crippen LogP) is 2.21. The lowest BCUT2D eigenvalue weighted by molar-refractivity contribution is 0.269. The Morgan fingerprint density at radius 1 is 1.26 bits per heavy atom. The van der Waals surface area contributed by atoms with Gasteiger partial charge in [0.05, 0.1) is 5.75 Å². The van der Waals surface area contributed by atoms with E-state index in [1.807, 2.05) is 0 Å². The number of nitrogens with zero attached hydrogens (tertiary/aromatic N) is 1. The maximum absolute atomic E-state index is 11.2. The van der Waals surface area contributed by atoms with Gasteiger partial charge in [0.1, 0.15) is 9.84 Å². The molecule has 0 spiro atoms. The molecule has 0 radical (unpaired) electrons. The third-order valence-corrected chi connectivity index (χ3v) is 4.69. The van der Waals surface area contributed by atoms with Crippen molar-refractivity contribution in [2.45, 2.75) is 32.7 Å². The van der Waals surface area contributed by atoms with Crippen molar-refractivity contribution in [3.8, 4) is 0 Å². The van der Waals surface area contributed by atoms with Crippen LogP contribution in [-0.2, 0) is 22.8 Å². The molecule has 1 heterocycles. The van der Waals surface area contributed by atoms with Gasteiger partial charge in [0.2, 0.25) is 0 Å². The fourth-order valence-corrected chi connectivity index (χ4v) is 3.07. The Balaban J connectivity index is 2.04. The van der Waals surface area contributed by atoms with E-state index in [4.69, 9.17) is 0 Å². The molecule has 0 saturated heterocycles. The van der Waals surface area contributed by atoms with Crippen LogP contribution >= 0.6 is 0 Å². The number of fused-ring (bicyclic) bond motifs is 1. The molecular formula is C15H23NO2S. The zero-order valence-electron chi connectivity index (χ0n) is 12.0. The molecule has 1 aromatic carbocycles. The average molecular weight is 281 g/mol. The van der Waals surface area contributed by atoms with E-state index < -0.39 is 9.84 Å². The number of hydrogen-bond acceptors (Lipinski definition) is 3. The standard InChI is InChI=1S/C15H23NO2S/c1-12(2)13-4-5-15-11-16(7-6-14(15)10-13)8-9-19(3,17)18/h4-5,10,12H,6-9,11H2,1-3H3. The number of sulfone groups is 1. The van der Waals surface area contributed by atoms with Crippen LogP contribution in [0.25, 0.3) is 0 Å². The first-order valence-corrected chi connectivity index (χ1v) is 8.93. The van der Waals surface area contributed by atoms with Gasteiger partial charge >= 0.3 is 0 Å². The first kappa shape index (κ1) is 14.5. The molecule has 0 N–H and O–H groups in total. The van der Waals surface area contributed by atoms with Crippen molar-refractivity contribution in [3.05, 3.63) is 34.9 Å². The Hall–Kier alpha value is -0.870. The zero-order chi connectivity index (χ0) is 14.0. The summed E-state index contributed by atoms with van der Waals surface area (Å²) >= 11 is 0. The van der Waals surface area contributed by atoms with Crippen molar-refractivity contribution in [2.75, 3.05) is 25.1 Å². The summed E-state index contributed by atoms with van der Waals surface area (Å²) in [6, 6.07) is 6.72. The molecule has 0 bridgehead atoms. The van der Waals surface area contributed by atoms with E-state index in [2.05, 4.69) is 36.9 Å². The van der Waals surface area contributed by atoms with Crippen LogP contribution in [0.1, 0.15) is 36.5 Å². The highest BCUT2D eigenvalue weighted by Gasteiger charge is 2.18. The van der Waals surface area contributed by atoms with Crippen LogP contribution < -0.4 is 0 Å². The van der Waals surface area contributed by atoms with Crippen molar-refractivity contribution in [1.29, 1.82) is 0 Å². The molecule has 4 heteroatoms. The van der Waals surface area contributed by atoms with Gasteiger partial charge in [-0.1, -0.05) is 32.0 Å². The van der Waals surface area contributed by atoms with Crippen molar-refractivity contribution >= 4 is 9.84 Å². The molecule has 19 heavy (non-hydrogen) atoms. The lowest BCUT2D eigenvalue weighted by atomic mass is 9.93. The molecular weight excluding hydrogens is 258 g/mol. The summed E-state index contributed by atoms with van der Waals surface area (Å²) in [6.07, 6.45) is 2.33. The minimum atomic E-state index is -2.86. The summed E-state index contributed by atoms with van der Waals surface area (Å²) in [5, 5.41) is 0. The van der Waals surface area contributed by atoms with Gasteiger partial charge in [-0.15, -0.1) is 0 Å². The van der Waals surface area contributed by atoms with Crippen molar-refractivity contribution in [1.82, 2.24) is 4.90 Å². The van der Waals surface area contributed by atoms with Crippen molar-refractivity contribution < 1.29 is 8.42 Å². The largest absolute Gasteiger partial charge is 0.298 e. The van der Waals surface area contributed by atoms with E-state index in [1.54, 1.807) is 0 Å². The Morgan fingerprint density at radius 2 is 2.00 bits per heavy atom. The molecule has 0 fully saturated rings. The predicted molar refractivity (Wildman–Crippen MR) is 79.2 cm³/mol. The Morgan fingerprint density at radius 3 is 2.63 bits per heavy atom. The van der Waals surface area contributed by atoms with Crippen LogP contribution in [0.3, 0.4) is 0 Å². The Kier molecular flexibility index (Phi) is 4.31. The Labute approximate surface area is 116 Å². The molecule has 0 aromatic heterocycles. The third kappa shape index (κ3) is 4.05. The minimum Gasteiger partial charge on any atom is -0.298 e. The van der Waals surface area contributed by atoms with E-state index >= 15 is 0 Å². The SMILES string of the molecule is CC(C)c1ccc2c(c1)CCN(CCS(C)(=O)=O)C2. The normalized spacial score (nSPS) is 16.6. The topological polar surface area (TPSA) is 37.4 Å². The summed E-state index contributed by atoms with van der Waals surface area (Å²) in [5.41, 5.74) is 4.18. The summed E-state index contributed by atoms with van der Waals surface area (Å²) < 4.78 is 22.4. The van der Waals surface area contributed by atoms with Crippen LogP contribution in [0.5, 0.6) is 0 Å². The van der Waals surface area contributed by atoms with E-state index in [1.165, 1.54) is 22.9 Å². The average Bonchev–Trinajstić information content (AvgIpc) is 2.34.